The van der Waals surface area contributed by atoms with E-state index in [9.17, 15) is 0 Å². The number of hydrogen-bond donors (Lipinski definition) is 1. The Balaban J connectivity index is 2.25. The maximum atomic E-state index is 5.82. The maximum Gasteiger partial charge on any atom is 0.0180 e. The van der Waals surface area contributed by atoms with Gasteiger partial charge in [-0.15, -0.1) is 0 Å². The molecule has 2 unspecified atom stereocenters. The van der Waals surface area contributed by atoms with Crippen molar-refractivity contribution >= 4 is 0 Å². The number of nitrogens with zero attached hydrogens (tertiary/aromatic N) is 1. The van der Waals surface area contributed by atoms with Crippen molar-refractivity contribution in [1.29, 1.82) is 0 Å². The third-order valence-corrected chi connectivity index (χ3v) is 2.59. The summed E-state index contributed by atoms with van der Waals surface area (Å²) in [7, 11) is 0. The minimum Gasteiger partial charge on any atom is -0.326 e. The molecule has 1 heterocycles. The molecule has 0 aromatic heterocycles. The quantitative estimate of drug-likeness (QED) is 0.665. The molecule has 11 heavy (non-hydrogen) atoms. The van der Waals surface area contributed by atoms with E-state index in [4.69, 9.17) is 5.73 Å². The van der Waals surface area contributed by atoms with E-state index < -0.39 is 0 Å². The first kappa shape index (κ1) is 9.01. The van der Waals surface area contributed by atoms with E-state index in [0.29, 0.717) is 6.04 Å². The summed E-state index contributed by atoms with van der Waals surface area (Å²) in [6.45, 7) is 6.87. The summed E-state index contributed by atoms with van der Waals surface area (Å²) in [6, 6.07) is 1.18. The molecule has 1 aliphatic heterocycles. The van der Waals surface area contributed by atoms with Gasteiger partial charge in [0.1, 0.15) is 0 Å². The summed E-state index contributed by atoms with van der Waals surface area (Å²) in [5.41, 5.74) is 5.82. The molecule has 1 saturated heterocycles. The Morgan fingerprint density at radius 1 is 1.64 bits per heavy atom. The van der Waals surface area contributed by atoms with Crippen LogP contribution in [0.15, 0.2) is 0 Å². The molecule has 1 rings (SSSR count). The van der Waals surface area contributed by atoms with Crippen LogP contribution in [-0.4, -0.2) is 30.1 Å². The van der Waals surface area contributed by atoms with Gasteiger partial charge in [-0.3, -0.25) is 4.90 Å². The molecule has 1 fully saturated rings. The standard InChI is InChI=1S/C9H20N2/c1-3-4-8(2)11-6-5-9(10)7-11/h8-9H,3-7,10H2,1-2H3. The molecule has 0 aromatic rings. The van der Waals surface area contributed by atoms with Crippen LogP contribution >= 0.6 is 0 Å². The Kier molecular flexibility index (Phi) is 3.34. The van der Waals surface area contributed by atoms with Crippen LogP contribution in [0.1, 0.15) is 33.1 Å². The largest absolute Gasteiger partial charge is 0.326 e. The SMILES string of the molecule is CCCC(C)N1CCC(N)C1. The Morgan fingerprint density at radius 3 is 2.82 bits per heavy atom. The lowest BCUT2D eigenvalue weighted by atomic mass is 10.2. The fourth-order valence-corrected chi connectivity index (χ4v) is 1.82. The molecule has 0 aromatic carbocycles. The zero-order chi connectivity index (χ0) is 8.27. The second kappa shape index (κ2) is 4.07. The molecular formula is C9H20N2. The lowest BCUT2D eigenvalue weighted by molar-refractivity contribution is 0.243. The van der Waals surface area contributed by atoms with Gasteiger partial charge in [-0.05, 0) is 26.3 Å². The molecule has 0 aliphatic carbocycles. The summed E-state index contributed by atoms with van der Waals surface area (Å²) in [5, 5.41) is 0. The molecule has 0 radical (unpaired) electrons. The van der Waals surface area contributed by atoms with Crippen molar-refractivity contribution in [3.8, 4) is 0 Å². The van der Waals surface area contributed by atoms with E-state index in [1.807, 2.05) is 0 Å². The molecule has 0 spiro atoms. The predicted octanol–water partition coefficient (Wildman–Crippen LogP) is 1.21. The van der Waals surface area contributed by atoms with Crippen LogP contribution in [0.3, 0.4) is 0 Å². The third kappa shape index (κ3) is 2.46. The Labute approximate surface area is 69.8 Å². The van der Waals surface area contributed by atoms with Gasteiger partial charge in [0.15, 0.2) is 0 Å². The Hall–Kier alpha value is -0.0800. The Bertz CT molecular complexity index is 114. The smallest absolute Gasteiger partial charge is 0.0180 e. The van der Waals surface area contributed by atoms with Gasteiger partial charge in [-0.2, -0.15) is 0 Å². The summed E-state index contributed by atoms with van der Waals surface area (Å²) in [6.07, 6.45) is 3.79. The Morgan fingerprint density at radius 2 is 2.36 bits per heavy atom. The third-order valence-electron chi connectivity index (χ3n) is 2.59. The van der Waals surface area contributed by atoms with Crippen LogP contribution < -0.4 is 5.73 Å². The van der Waals surface area contributed by atoms with Crippen molar-refractivity contribution in [1.82, 2.24) is 4.90 Å². The van der Waals surface area contributed by atoms with E-state index in [1.54, 1.807) is 0 Å². The van der Waals surface area contributed by atoms with Crippen molar-refractivity contribution in [3.63, 3.8) is 0 Å². The van der Waals surface area contributed by atoms with Crippen molar-refractivity contribution in [2.45, 2.75) is 45.2 Å². The monoisotopic (exact) mass is 156 g/mol. The fourth-order valence-electron chi connectivity index (χ4n) is 1.82. The molecule has 0 amide bonds. The second-order valence-electron chi connectivity index (χ2n) is 3.68. The summed E-state index contributed by atoms with van der Waals surface area (Å²) < 4.78 is 0. The van der Waals surface area contributed by atoms with E-state index in [2.05, 4.69) is 18.7 Å². The maximum absolute atomic E-state index is 5.82. The molecule has 2 nitrogen and oxygen atoms in total. The molecule has 1 aliphatic rings. The molecule has 0 bridgehead atoms. The molecular weight excluding hydrogens is 136 g/mol. The average molecular weight is 156 g/mol. The average Bonchev–Trinajstić information content (AvgIpc) is 2.36. The van der Waals surface area contributed by atoms with Gasteiger partial charge in [0, 0.05) is 18.6 Å². The highest BCUT2D eigenvalue weighted by Crippen LogP contribution is 2.13. The fraction of sp³-hybridized carbons (Fsp3) is 1.00. The first-order chi connectivity index (χ1) is 5.24. The number of hydrogen-bond acceptors (Lipinski definition) is 2. The van der Waals surface area contributed by atoms with Crippen LogP contribution in [0.2, 0.25) is 0 Å². The van der Waals surface area contributed by atoms with Crippen LogP contribution in [-0.2, 0) is 0 Å². The highest BCUT2D eigenvalue weighted by atomic mass is 15.2. The van der Waals surface area contributed by atoms with Crippen molar-refractivity contribution < 1.29 is 0 Å². The van der Waals surface area contributed by atoms with E-state index in [0.717, 1.165) is 12.6 Å². The topological polar surface area (TPSA) is 29.3 Å². The lowest BCUT2D eigenvalue weighted by Crippen LogP contribution is -2.33. The van der Waals surface area contributed by atoms with Crippen LogP contribution in [0.5, 0.6) is 0 Å². The first-order valence-electron chi connectivity index (χ1n) is 4.73. The normalized spacial score (nSPS) is 29.2. The van der Waals surface area contributed by atoms with Gasteiger partial charge in [-0.25, -0.2) is 0 Å². The zero-order valence-electron chi connectivity index (χ0n) is 7.71. The van der Waals surface area contributed by atoms with Gasteiger partial charge >= 0.3 is 0 Å². The van der Waals surface area contributed by atoms with Gasteiger partial charge in [0.05, 0.1) is 0 Å². The highest BCUT2D eigenvalue weighted by Gasteiger charge is 2.22. The molecule has 2 atom stereocenters. The number of rotatable bonds is 3. The van der Waals surface area contributed by atoms with Crippen molar-refractivity contribution in [2.75, 3.05) is 13.1 Å². The van der Waals surface area contributed by atoms with Gasteiger partial charge in [0.2, 0.25) is 0 Å². The van der Waals surface area contributed by atoms with Gasteiger partial charge < -0.3 is 5.73 Å². The van der Waals surface area contributed by atoms with Gasteiger partial charge in [0.25, 0.3) is 0 Å². The summed E-state index contributed by atoms with van der Waals surface area (Å²) in [4.78, 5) is 2.51. The number of likely N-dealkylation sites (tertiary alicyclic amines) is 1. The second-order valence-corrected chi connectivity index (χ2v) is 3.68. The minimum absolute atomic E-state index is 0.439. The van der Waals surface area contributed by atoms with E-state index in [-0.39, 0.29) is 0 Å². The van der Waals surface area contributed by atoms with Crippen molar-refractivity contribution in [3.05, 3.63) is 0 Å². The van der Waals surface area contributed by atoms with Crippen LogP contribution in [0.4, 0.5) is 0 Å². The van der Waals surface area contributed by atoms with E-state index >= 15 is 0 Å². The summed E-state index contributed by atoms with van der Waals surface area (Å²) >= 11 is 0. The summed E-state index contributed by atoms with van der Waals surface area (Å²) in [5.74, 6) is 0. The van der Waals surface area contributed by atoms with Crippen molar-refractivity contribution in [2.24, 2.45) is 5.73 Å². The molecule has 2 heteroatoms. The molecule has 66 valence electrons. The first-order valence-corrected chi connectivity index (χ1v) is 4.73. The van der Waals surface area contributed by atoms with Crippen LogP contribution in [0, 0.1) is 0 Å². The predicted molar refractivity (Wildman–Crippen MR) is 48.5 cm³/mol. The van der Waals surface area contributed by atoms with Gasteiger partial charge in [-0.1, -0.05) is 13.3 Å². The van der Waals surface area contributed by atoms with Crippen LogP contribution in [0.25, 0.3) is 0 Å². The number of nitrogens with two attached hydrogens (primary N) is 1. The lowest BCUT2D eigenvalue weighted by Gasteiger charge is -2.23. The zero-order valence-corrected chi connectivity index (χ0v) is 7.71. The minimum atomic E-state index is 0.439. The molecule has 2 N–H and O–H groups in total. The van der Waals surface area contributed by atoms with E-state index in [1.165, 1.54) is 25.8 Å². The molecule has 0 saturated carbocycles. The highest BCUT2D eigenvalue weighted by molar-refractivity contribution is 4.81.